The lowest BCUT2D eigenvalue weighted by Crippen LogP contribution is -2.59. The van der Waals surface area contributed by atoms with E-state index in [0.29, 0.717) is 43.3 Å². The van der Waals surface area contributed by atoms with Gasteiger partial charge in [0.1, 0.15) is 18.2 Å². The summed E-state index contributed by atoms with van der Waals surface area (Å²) in [6.07, 6.45) is 1.42. The van der Waals surface area contributed by atoms with Crippen LogP contribution in [0.4, 0.5) is 4.39 Å². The third kappa shape index (κ3) is 4.25. The molecule has 2 aromatic heterocycles. The maximum Gasteiger partial charge on any atom is 0.228 e. The molecule has 0 spiro atoms. The molecule has 2 unspecified atom stereocenters. The van der Waals surface area contributed by atoms with E-state index in [1.165, 1.54) is 17.1 Å². The Labute approximate surface area is 195 Å². The summed E-state index contributed by atoms with van der Waals surface area (Å²) < 4.78 is 21.5. The Hall–Kier alpha value is -3.75. The highest BCUT2D eigenvalue weighted by Crippen LogP contribution is 2.31. The average molecular weight is 462 g/mol. The van der Waals surface area contributed by atoms with E-state index in [0.717, 1.165) is 12.1 Å². The maximum absolute atomic E-state index is 13.9. The minimum atomic E-state index is -0.512. The second-order valence-electron chi connectivity index (χ2n) is 8.48. The first-order chi connectivity index (χ1) is 16.5. The first-order valence-corrected chi connectivity index (χ1v) is 11.1. The van der Waals surface area contributed by atoms with Crippen molar-refractivity contribution >= 4 is 5.91 Å². The molecule has 0 radical (unpaired) electrons. The first-order valence-electron chi connectivity index (χ1n) is 11.1. The fourth-order valence-corrected chi connectivity index (χ4v) is 4.61. The minimum absolute atomic E-state index is 0.0104. The lowest BCUT2D eigenvalue weighted by Gasteiger charge is -2.46. The molecule has 2 saturated heterocycles. The number of hydrogen-bond acceptors (Lipinski definition) is 8. The summed E-state index contributed by atoms with van der Waals surface area (Å²) in [6.45, 7) is 4.76. The van der Waals surface area contributed by atoms with Crippen LogP contribution in [0.25, 0.3) is 5.82 Å². The molecular weight excluding hydrogens is 439 g/mol. The number of benzene rings is 1. The number of fused-ring (bicyclic) bond motifs is 1. The van der Waals surface area contributed by atoms with Crippen molar-refractivity contribution in [3.8, 4) is 11.9 Å². The number of halogens is 1. The van der Waals surface area contributed by atoms with E-state index in [1.807, 2.05) is 23.1 Å². The SMILES string of the molecule is Cc1c(C2CN3CCN(C(=O)Cc4cccc(-n5cnnn5)n4)CC3CO2)ccc(F)c1C#N. The van der Waals surface area contributed by atoms with Gasteiger partial charge in [0, 0.05) is 26.2 Å². The highest BCUT2D eigenvalue weighted by molar-refractivity contribution is 5.78. The molecule has 0 aliphatic carbocycles. The fourth-order valence-electron chi connectivity index (χ4n) is 4.61. The monoisotopic (exact) mass is 462 g/mol. The first kappa shape index (κ1) is 22.1. The van der Waals surface area contributed by atoms with Crippen molar-refractivity contribution in [1.29, 1.82) is 5.26 Å². The van der Waals surface area contributed by atoms with Gasteiger partial charge in [-0.15, -0.1) is 5.10 Å². The molecule has 4 heterocycles. The largest absolute Gasteiger partial charge is 0.370 e. The predicted octanol–water partition coefficient (Wildman–Crippen LogP) is 1.20. The molecule has 174 valence electrons. The van der Waals surface area contributed by atoms with E-state index in [-0.39, 0.29) is 30.0 Å². The second-order valence-corrected chi connectivity index (χ2v) is 8.48. The number of rotatable bonds is 4. The molecule has 5 rings (SSSR count). The summed E-state index contributed by atoms with van der Waals surface area (Å²) >= 11 is 0. The van der Waals surface area contributed by atoms with Crippen LogP contribution in [0.5, 0.6) is 0 Å². The number of pyridine rings is 1. The van der Waals surface area contributed by atoms with Crippen molar-refractivity contribution in [2.24, 2.45) is 0 Å². The molecule has 0 bridgehead atoms. The van der Waals surface area contributed by atoms with Gasteiger partial charge < -0.3 is 9.64 Å². The predicted molar refractivity (Wildman–Crippen MR) is 117 cm³/mol. The Bertz CT molecular complexity index is 1240. The topological polar surface area (TPSA) is 113 Å². The molecule has 34 heavy (non-hydrogen) atoms. The smallest absolute Gasteiger partial charge is 0.228 e. The van der Waals surface area contributed by atoms with Crippen LogP contribution in [0, 0.1) is 24.1 Å². The molecule has 2 atom stereocenters. The van der Waals surface area contributed by atoms with Crippen molar-refractivity contribution in [3.05, 3.63) is 64.9 Å². The number of piperazine rings is 1. The molecular formula is C23H23FN8O2. The Kier molecular flexibility index (Phi) is 6.00. The number of ether oxygens (including phenoxy) is 1. The maximum atomic E-state index is 13.9. The number of hydrogen-bond donors (Lipinski definition) is 0. The van der Waals surface area contributed by atoms with Crippen LogP contribution in [0.1, 0.15) is 28.5 Å². The van der Waals surface area contributed by atoms with Gasteiger partial charge in [-0.2, -0.15) is 9.94 Å². The van der Waals surface area contributed by atoms with Crippen LogP contribution in [0.2, 0.25) is 0 Å². The average Bonchev–Trinajstić information content (AvgIpc) is 3.39. The Morgan fingerprint density at radius 2 is 2.15 bits per heavy atom. The Balaban J connectivity index is 1.22. The summed E-state index contributed by atoms with van der Waals surface area (Å²) in [4.78, 5) is 21.6. The fraction of sp³-hybridized carbons (Fsp3) is 0.391. The van der Waals surface area contributed by atoms with E-state index >= 15 is 0 Å². The van der Waals surface area contributed by atoms with E-state index in [9.17, 15) is 14.4 Å². The highest BCUT2D eigenvalue weighted by atomic mass is 19.1. The molecule has 1 amide bonds. The number of amides is 1. The van der Waals surface area contributed by atoms with Crippen LogP contribution in [-0.2, 0) is 16.0 Å². The van der Waals surface area contributed by atoms with Gasteiger partial charge in [0.2, 0.25) is 5.91 Å². The van der Waals surface area contributed by atoms with Crippen LogP contribution in [0.3, 0.4) is 0 Å². The number of carbonyl (C=O) groups is 1. The summed E-state index contributed by atoms with van der Waals surface area (Å²) in [5, 5.41) is 20.3. The minimum Gasteiger partial charge on any atom is -0.370 e. The van der Waals surface area contributed by atoms with Gasteiger partial charge in [-0.1, -0.05) is 12.1 Å². The summed E-state index contributed by atoms with van der Waals surface area (Å²) in [6, 6.07) is 10.5. The summed E-state index contributed by atoms with van der Waals surface area (Å²) in [7, 11) is 0. The van der Waals surface area contributed by atoms with E-state index in [1.54, 1.807) is 19.1 Å². The lowest BCUT2D eigenvalue weighted by atomic mass is 9.96. The zero-order chi connectivity index (χ0) is 23.7. The van der Waals surface area contributed by atoms with Gasteiger partial charge in [-0.3, -0.25) is 9.69 Å². The zero-order valence-electron chi connectivity index (χ0n) is 18.6. The van der Waals surface area contributed by atoms with Gasteiger partial charge in [-0.25, -0.2) is 9.37 Å². The number of tetrazole rings is 1. The molecule has 10 nitrogen and oxygen atoms in total. The van der Waals surface area contributed by atoms with Gasteiger partial charge >= 0.3 is 0 Å². The third-order valence-corrected chi connectivity index (χ3v) is 6.47. The third-order valence-electron chi connectivity index (χ3n) is 6.47. The molecule has 1 aromatic carbocycles. The van der Waals surface area contributed by atoms with Gasteiger partial charge in [-0.05, 0) is 46.7 Å². The normalized spacial score (nSPS) is 20.6. The van der Waals surface area contributed by atoms with Crippen LogP contribution in [-0.4, -0.2) is 79.7 Å². The summed E-state index contributed by atoms with van der Waals surface area (Å²) in [5.74, 6) is 0.0567. The van der Waals surface area contributed by atoms with Crippen molar-refractivity contribution in [3.63, 3.8) is 0 Å². The van der Waals surface area contributed by atoms with Gasteiger partial charge in [0.05, 0.1) is 36.4 Å². The summed E-state index contributed by atoms with van der Waals surface area (Å²) in [5.41, 5.74) is 2.18. The van der Waals surface area contributed by atoms with Gasteiger partial charge in [0.15, 0.2) is 5.82 Å². The molecule has 0 N–H and O–H groups in total. The molecule has 2 aliphatic heterocycles. The van der Waals surface area contributed by atoms with Crippen LogP contribution >= 0.6 is 0 Å². The van der Waals surface area contributed by atoms with Crippen molar-refractivity contribution in [2.45, 2.75) is 25.5 Å². The molecule has 11 heteroatoms. The second kappa shape index (κ2) is 9.24. The van der Waals surface area contributed by atoms with Gasteiger partial charge in [0.25, 0.3) is 0 Å². The number of morpholine rings is 1. The van der Waals surface area contributed by atoms with Crippen molar-refractivity contribution < 1.29 is 13.9 Å². The Morgan fingerprint density at radius 3 is 2.94 bits per heavy atom. The van der Waals surface area contributed by atoms with E-state index < -0.39 is 5.82 Å². The quantitative estimate of drug-likeness (QED) is 0.569. The number of nitrogens with zero attached hydrogens (tertiary/aromatic N) is 8. The van der Waals surface area contributed by atoms with Crippen molar-refractivity contribution in [2.75, 3.05) is 32.8 Å². The number of nitriles is 1. The van der Waals surface area contributed by atoms with Crippen LogP contribution in [0.15, 0.2) is 36.7 Å². The molecule has 2 aliphatic rings. The number of carbonyl (C=O) groups excluding carboxylic acids is 1. The number of aromatic nitrogens is 5. The molecule has 2 fully saturated rings. The lowest BCUT2D eigenvalue weighted by molar-refractivity contribution is -0.139. The van der Waals surface area contributed by atoms with Crippen LogP contribution < -0.4 is 0 Å². The van der Waals surface area contributed by atoms with E-state index in [4.69, 9.17) is 4.74 Å². The zero-order valence-corrected chi connectivity index (χ0v) is 18.6. The van der Waals surface area contributed by atoms with Crippen molar-refractivity contribution in [1.82, 2.24) is 35.0 Å². The molecule has 3 aromatic rings. The Morgan fingerprint density at radius 1 is 1.26 bits per heavy atom. The standard InChI is InChI=1S/C23H23FN8O2/c1-15-18(5-6-20(24)19(15)10-25)21-12-30-7-8-31(11-17(30)13-34-21)23(33)9-16-3-2-4-22(27-16)32-14-26-28-29-32/h2-6,14,17,21H,7-9,11-13H2,1H3. The highest BCUT2D eigenvalue weighted by Gasteiger charge is 2.36. The van der Waals surface area contributed by atoms with E-state index in [2.05, 4.69) is 25.4 Å². The molecule has 0 saturated carbocycles.